The van der Waals surface area contributed by atoms with E-state index in [9.17, 15) is 4.79 Å². The summed E-state index contributed by atoms with van der Waals surface area (Å²) in [6, 6.07) is 5.11. The van der Waals surface area contributed by atoms with Crippen molar-refractivity contribution in [2.45, 2.75) is 49.7 Å². The molecule has 6 heteroatoms. The SMILES string of the molecule is O=C(NCC(c1cccs1)N1CCOCC1)C1(NC2CC2)CCC1. The summed E-state index contributed by atoms with van der Waals surface area (Å²) in [6.45, 7) is 4.12. The van der Waals surface area contributed by atoms with Gasteiger partial charge in [0.1, 0.15) is 0 Å². The largest absolute Gasteiger partial charge is 0.379 e. The Bertz CT molecular complexity index is 549. The maximum atomic E-state index is 12.9. The predicted molar refractivity (Wildman–Crippen MR) is 95.2 cm³/mol. The van der Waals surface area contributed by atoms with E-state index in [1.165, 1.54) is 17.7 Å². The quantitative estimate of drug-likeness (QED) is 0.790. The van der Waals surface area contributed by atoms with E-state index < -0.39 is 0 Å². The number of carbonyl (C=O) groups excluding carboxylic acids is 1. The van der Waals surface area contributed by atoms with Crippen LogP contribution in [0.1, 0.15) is 43.0 Å². The second kappa shape index (κ2) is 7.12. The van der Waals surface area contributed by atoms with Gasteiger partial charge in [0.05, 0.1) is 24.8 Å². The predicted octanol–water partition coefficient (Wildman–Crippen LogP) is 1.91. The van der Waals surface area contributed by atoms with E-state index in [0.29, 0.717) is 12.6 Å². The third kappa shape index (κ3) is 3.52. The van der Waals surface area contributed by atoms with Crippen LogP contribution in [0.25, 0.3) is 0 Å². The van der Waals surface area contributed by atoms with Crippen LogP contribution in [0.4, 0.5) is 0 Å². The van der Waals surface area contributed by atoms with Crippen LogP contribution in [0.2, 0.25) is 0 Å². The number of hydrogen-bond acceptors (Lipinski definition) is 5. The fourth-order valence-electron chi connectivity index (χ4n) is 3.72. The van der Waals surface area contributed by atoms with Gasteiger partial charge in [-0.1, -0.05) is 6.07 Å². The van der Waals surface area contributed by atoms with Crippen molar-refractivity contribution in [3.63, 3.8) is 0 Å². The highest BCUT2D eigenvalue weighted by Gasteiger charge is 2.47. The summed E-state index contributed by atoms with van der Waals surface area (Å²) in [7, 11) is 0. The molecule has 1 aromatic heterocycles. The Morgan fingerprint density at radius 3 is 2.75 bits per heavy atom. The molecule has 0 bridgehead atoms. The molecule has 4 rings (SSSR count). The van der Waals surface area contributed by atoms with Crippen LogP contribution in [0.5, 0.6) is 0 Å². The number of nitrogens with one attached hydrogen (secondary N) is 2. The van der Waals surface area contributed by atoms with Gasteiger partial charge in [-0.25, -0.2) is 0 Å². The zero-order valence-electron chi connectivity index (χ0n) is 14.1. The van der Waals surface area contributed by atoms with Crippen molar-refractivity contribution in [1.29, 1.82) is 0 Å². The van der Waals surface area contributed by atoms with E-state index in [1.807, 2.05) is 0 Å². The maximum absolute atomic E-state index is 12.9. The maximum Gasteiger partial charge on any atom is 0.240 e. The van der Waals surface area contributed by atoms with Crippen molar-refractivity contribution < 1.29 is 9.53 Å². The van der Waals surface area contributed by atoms with Crippen LogP contribution >= 0.6 is 11.3 Å². The molecule has 2 aliphatic carbocycles. The van der Waals surface area contributed by atoms with Crippen LogP contribution in [0.15, 0.2) is 17.5 Å². The fraction of sp³-hybridized carbons (Fsp3) is 0.722. The Morgan fingerprint density at radius 2 is 2.17 bits per heavy atom. The van der Waals surface area contributed by atoms with Gasteiger partial charge in [-0.2, -0.15) is 0 Å². The number of nitrogens with zero attached hydrogens (tertiary/aromatic N) is 1. The van der Waals surface area contributed by atoms with Crippen molar-refractivity contribution in [2.75, 3.05) is 32.8 Å². The van der Waals surface area contributed by atoms with E-state index >= 15 is 0 Å². The topological polar surface area (TPSA) is 53.6 Å². The van der Waals surface area contributed by atoms with Crippen LogP contribution in [-0.4, -0.2) is 55.2 Å². The second-order valence-electron chi connectivity index (χ2n) is 7.24. The summed E-state index contributed by atoms with van der Waals surface area (Å²) in [5.41, 5.74) is -0.286. The highest BCUT2D eigenvalue weighted by Crippen LogP contribution is 2.36. The Balaban J connectivity index is 1.39. The standard InChI is InChI=1S/C18H27N3O2S/c22-17(18(6-2-7-18)20-14-4-5-14)19-13-15(16-3-1-12-24-16)21-8-10-23-11-9-21/h1,3,12,14-15,20H,2,4-11,13H2,(H,19,22). The van der Waals surface area contributed by atoms with Gasteiger partial charge in [-0.15, -0.1) is 11.3 Å². The van der Waals surface area contributed by atoms with E-state index in [-0.39, 0.29) is 17.5 Å². The first-order valence-corrected chi connectivity index (χ1v) is 10.1. The van der Waals surface area contributed by atoms with Crippen molar-refractivity contribution in [3.05, 3.63) is 22.4 Å². The highest BCUT2D eigenvalue weighted by atomic mass is 32.1. The molecule has 1 aromatic rings. The van der Waals surface area contributed by atoms with Gasteiger partial charge < -0.3 is 15.4 Å². The van der Waals surface area contributed by atoms with E-state index in [0.717, 1.165) is 45.6 Å². The zero-order valence-corrected chi connectivity index (χ0v) is 14.9. The molecule has 0 radical (unpaired) electrons. The average molecular weight is 350 g/mol. The molecule has 1 atom stereocenters. The molecule has 3 fully saturated rings. The lowest BCUT2D eigenvalue weighted by Crippen LogP contribution is -2.62. The van der Waals surface area contributed by atoms with Crippen molar-refractivity contribution in [2.24, 2.45) is 0 Å². The smallest absolute Gasteiger partial charge is 0.240 e. The van der Waals surface area contributed by atoms with Crippen LogP contribution < -0.4 is 10.6 Å². The van der Waals surface area contributed by atoms with Crippen molar-refractivity contribution in [1.82, 2.24) is 15.5 Å². The molecule has 24 heavy (non-hydrogen) atoms. The van der Waals surface area contributed by atoms with Crippen LogP contribution in [0.3, 0.4) is 0 Å². The average Bonchev–Trinajstić information content (AvgIpc) is 3.23. The van der Waals surface area contributed by atoms with Gasteiger partial charge in [0.25, 0.3) is 0 Å². The van der Waals surface area contributed by atoms with Gasteiger partial charge >= 0.3 is 0 Å². The summed E-state index contributed by atoms with van der Waals surface area (Å²) in [5.74, 6) is 0.204. The van der Waals surface area contributed by atoms with Gasteiger partial charge in [-0.3, -0.25) is 9.69 Å². The lowest BCUT2D eigenvalue weighted by atomic mass is 9.75. The summed E-state index contributed by atoms with van der Waals surface area (Å²) in [4.78, 5) is 16.6. The number of carbonyl (C=O) groups is 1. The van der Waals surface area contributed by atoms with Crippen molar-refractivity contribution >= 4 is 17.2 Å². The third-order valence-electron chi connectivity index (χ3n) is 5.51. The zero-order chi connectivity index (χ0) is 16.4. The lowest BCUT2D eigenvalue weighted by molar-refractivity contribution is -0.131. The number of thiophene rings is 1. The normalized spacial score (nSPS) is 25.0. The second-order valence-corrected chi connectivity index (χ2v) is 8.22. The number of ether oxygens (including phenoxy) is 1. The number of hydrogen-bond donors (Lipinski definition) is 2. The Labute approximate surface area is 147 Å². The van der Waals surface area contributed by atoms with E-state index in [1.54, 1.807) is 11.3 Å². The minimum absolute atomic E-state index is 0.204. The van der Waals surface area contributed by atoms with Gasteiger partial charge in [0, 0.05) is 30.6 Å². The molecule has 3 aliphatic rings. The molecule has 1 unspecified atom stereocenters. The minimum Gasteiger partial charge on any atom is -0.379 e. The van der Waals surface area contributed by atoms with Gasteiger partial charge in [-0.05, 0) is 43.6 Å². The molecule has 5 nitrogen and oxygen atoms in total. The highest BCUT2D eigenvalue weighted by molar-refractivity contribution is 7.10. The molecular formula is C18H27N3O2S. The summed E-state index contributed by atoms with van der Waals surface area (Å²) < 4.78 is 5.49. The molecule has 2 heterocycles. The van der Waals surface area contributed by atoms with Crippen LogP contribution in [0, 0.1) is 0 Å². The third-order valence-corrected chi connectivity index (χ3v) is 6.49. The lowest BCUT2D eigenvalue weighted by Gasteiger charge is -2.42. The molecule has 1 amide bonds. The number of amides is 1. The Morgan fingerprint density at radius 1 is 1.38 bits per heavy atom. The fourth-order valence-corrected chi connectivity index (χ4v) is 4.58. The first-order valence-electron chi connectivity index (χ1n) is 9.18. The number of morpholine rings is 1. The minimum atomic E-state index is -0.286. The summed E-state index contributed by atoms with van der Waals surface area (Å²) >= 11 is 1.77. The monoisotopic (exact) mass is 349 g/mol. The first kappa shape index (κ1) is 16.5. The molecule has 1 aliphatic heterocycles. The number of rotatable bonds is 7. The molecule has 2 N–H and O–H groups in total. The van der Waals surface area contributed by atoms with E-state index in [2.05, 4.69) is 33.0 Å². The van der Waals surface area contributed by atoms with Gasteiger partial charge in [0.2, 0.25) is 5.91 Å². The first-order chi connectivity index (χ1) is 11.8. The molecule has 1 saturated heterocycles. The van der Waals surface area contributed by atoms with Crippen LogP contribution in [-0.2, 0) is 9.53 Å². The Hall–Kier alpha value is -0.950. The summed E-state index contributed by atoms with van der Waals surface area (Å²) in [6.07, 6.45) is 5.57. The Kier molecular flexibility index (Phi) is 4.90. The summed E-state index contributed by atoms with van der Waals surface area (Å²) in [5, 5.41) is 8.98. The van der Waals surface area contributed by atoms with E-state index in [4.69, 9.17) is 4.74 Å². The molecular weight excluding hydrogens is 322 g/mol. The molecule has 0 aromatic carbocycles. The molecule has 132 valence electrons. The van der Waals surface area contributed by atoms with Gasteiger partial charge in [0.15, 0.2) is 0 Å². The molecule has 2 saturated carbocycles. The van der Waals surface area contributed by atoms with Crippen molar-refractivity contribution in [3.8, 4) is 0 Å². The molecule has 0 spiro atoms.